The number of nitrogens with zero attached hydrogens (tertiary/aromatic N) is 1. The largest absolute Gasteiger partial charge is 0.461 e. The SMILES string of the molecule is O=C(CCCN1C(=O)c2cccc3cccc(c23)C1=O)OCc1cc(=O)oc2ccc3ccccc3c12. The van der Waals surface area contributed by atoms with Crippen molar-refractivity contribution in [2.24, 2.45) is 0 Å². The van der Waals surface area contributed by atoms with Gasteiger partial charge in [-0.25, -0.2) is 4.79 Å². The molecule has 182 valence electrons. The van der Waals surface area contributed by atoms with Crippen molar-refractivity contribution in [3.63, 3.8) is 0 Å². The van der Waals surface area contributed by atoms with Gasteiger partial charge in [-0.1, -0.05) is 54.6 Å². The molecule has 0 saturated heterocycles. The molecule has 4 aromatic carbocycles. The first kappa shape index (κ1) is 22.7. The fraction of sp³-hybridized carbons (Fsp3) is 0.133. The van der Waals surface area contributed by atoms with Crippen molar-refractivity contribution in [3.05, 3.63) is 106 Å². The van der Waals surface area contributed by atoms with E-state index in [0.717, 1.165) is 21.5 Å². The predicted octanol–water partition coefficient (Wildman–Crippen LogP) is 5.22. The molecule has 0 unspecified atom stereocenters. The van der Waals surface area contributed by atoms with E-state index >= 15 is 0 Å². The summed E-state index contributed by atoms with van der Waals surface area (Å²) < 4.78 is 10.8. The van der Waals surface area contributed by atoms with Crippen LogP contribution in [0.3, 0.4) is 0 Å². The first-order chi connectivity index (χ1) is 18.0. The molecule has 1 aliphatic heterocycles. The van der Waals surface area contributed by atoms with E-state index in [9.17, 15) is 19.2 Å². The molecular formula is C30H21NO6. The highest BCUT2D eigenvalue weighted by Crippen LogP contribution is 2.30. The lowest BCUT2D eigenvalue weighted by Gasteiger charge is -2.27. The fourth-order valence-electron chi connectivity index (χ4n) is 5.03. The van der Waals surface area contributed by atoms with Crippen LogP contribution < -0.4 is 5.63 Å². The topological polar surface area (TPSA) is 93.9 Å². The second-order valence-electron chi connectivity index (χ2n) is 8.99. The van der Waals surface area contributed by atoms with Crippen LogP contribution in [0, 0.1) is 0 Å². The van der Waals surface area contributed by atoms with Gasteiger partial charge in [0.15, 0.2) is 0 Å². The average molecular weight is 491 g/mol. The van der Waals surface area contributed by atoms with Gasteiger partial charge in [0, 0.05) is 46.5 Å². The van der Waals surface area contributed by atoms with Gasteiger partial charge in [0.25, 0.3) is 11.8 Å². The van der Waals surface area contributed by atoms with Crippen molar-refractivity contribution in [2.45, 2.75) is 19.4 Å². The lowest BCUT2D eigenvalue weighted by Crippen LogP contribution is -2.41. The van der Waals surface area contributed by atoms with Gasteiger partial charge < -0.3 is 9.15 Å². The molecule has 0 bridgehead atoms. The van der Waals surface area contributed by atoms with Crippen LogP contribution in [0.2, 0.25) is 0 Å². The van der Waals surface area contributed by atoms with Gasteiger partial charge in [0.1, 0.15) is 12.2 Å². The smallest absolute Gasteiger partial charge is 0.336 e. The summed E-state index contributed by atoms with van der Waals surface area (Å²) in [6.45, 7) is 0.00582. The Morgan fingerprint density at radius 3 is 2.24 bits per heavy atom. The molecule has 0 spiro atoms. The number of hydrogen-bond acceptors (Lipinski definition) is 6. The van der Waals surface area contributed by atoms with Gasteiger partial charge in [-0.3, -0.25) is 19.3 Å². The van der Waals surface area contributed by atoms with Crippen molar-refractivity contribution in [3.8, 4) is 0 Å². The Hall–Kier alpha value is -4.78. The zero-order valence-electron chi connectivity index (χ0n) is 19.7. The maximum Gasteiger partial charge on any atom is 0.336 e. The molecule has 0 saturated carbocycles. The van der Waals surface area contributed by atoms with E-state index in [1.165, 1.54) is 11.0 Å². The standard InChI is InChI=1S/C30H21NO6/c32-25(36-17-20-16-26(33)37-24-14-13-18-6-1-2-9-21(18)28(20)24)12-5-15-31-29(34)22-10-3-7-19-8-4-11-23(27(19)22)30(31)35/h1-4,6-11,13-14,16H,5,12,15,17H2. The van der Waals surface area contributed by atoms with Crippen LogP contribution in [0.15, 0.2) is 88.1 Å². The van der Waals surface area contributed by atoms with Crippen molar-refractivity contribution in [1.82, 2.24) is 4.90 Å². The predicted molar refractivity (Wildman–Crippen MR) is 138 cm³/mol. The molecule has 7 heteroatoms. The molecule has 37 heavy (non-hydrogen) atoms. The van der Waals surface area contributed by atoms with Crippen LogP contribution in [-0.4, -0.2) is 29.2 Å². The average Bonchev–Trinajstić information content (AvgIpc) is 2.91. The Balaban J connectivity index is 1.14. The highest BCUT2D eigenvalue weighted by Gasteiger charge is 2.32. The van der Waals surface area contributed by atoms with E-state index in [1.807, 2.05) is 42.5 Å². The number of hydrogen-bond donors (Lipinski definition) is 0. The van der Waals surface area contributed by atoms with E-state index in [1.54, 1.807) is 30.3 Å². The second-order valence-corrected chi connectivity index (χ2v) is 8.99. The third-order valence-electron chi connectivity index (χ3n) is 6.72. The monoisotopic (exact) mass is 491 g/mol. The van der Waals surface area contributed by atoms with Gasteiger partial charge in [0.05, 0.1) is 0 Å². The van der Waals surface area contributed by atoms with Crippen LogP contribution in [0.5, 0.6) is 0 Å². The zero-order valence-corrected chi connectivity index (χ0v) is 19.7. The Labute approximate surface area is 210 Å². The first-order valence-corrected chi connectivity index (χ1v) is 12.0. The summed E-state index contributed by atoms with van der Waals surface area (Å²) >= 11 is 0. The summed E-state index contributed by atoms with van der Waals surface area (Å²) in [6, 6.07) is 23.4. The molecule has 2 amide bonds. The Morgan fingerprint density at radius 2 is 1.49 bits per heavy atom. The van der Waals surface area contributed by atoms with Gasteiger partial charge in [0.2, 0.25) is 0 Å². The number of imide groups is 1. The van der Waals surface area contributed by atoms with Crippen LogP contribution in [0.1, 0.15) is 39.1 Å². The van der Waals surface area contributed by atoms with Crippen molar-refractivity contribution in [1.29, 1.82) is 0 Å². The highest BCUT2D eigenvalue weighted by molar-refractivity contribution is 6.25. The van der Waals surface area contributed by atoms with Crippen molar-refractivity contribution < 1.29 is 23.5 Å². The minimum atomic E-state index is -0.522. The second kappa shape index (κ2) is 9.02. The van der Waals surface area contributed by atoms with Gasteiger partial charge >= 0.3 is 11.6 Å². The van der Waals surface area contributed by atoms with Gasteiger partial charge in [-0.15, -0.1) is 0 Å². The number of carbonyl (C=O) groups is 3. The molecule has 7 nitrogen and oxygen atoms in total. The third kappa shape index (κ3) is 3.94. The number of carbonyl (C=O) groups excluding carboxylic acids is 3. The molecule has 0 radical (unpaired) electrons. The molecule has 6 rings (SSSR count). The highest BCUT2D eigenvalue weighted by atomic mass is 16.5. The number of benzene rings is 4. The number of esters is 1. The van der Waals surface area contributed by atoms with E-state index in [2.05, 4.69) is 0 Å². The lowest BCUT2D eigenvalue weighted by atomic mass is 9.94. The number of fused-ring (bicyclic) bond motifs is 3. The van der Waals surface area contributed by atoms with Crippen LogP contribution in [-0.2, 0) is 16.1 Å². The quantitative estimate of drug-likeness (QED) is 0.140. The molecule has 0 atom stereocenters. The van der Waals surface area contributed by atoms with E-state index in [-0.39, 0.29) is 37.8 Å². The lowest BCUT2D eigenvalue weighted by molar-refractivity contribution is -0.145. The summed E-state index contributed by atoms with van der Waals surface area (Å²) in [4.78, 5) is 51.8. The van der Waals surface area contributed by atoms with Crippen LogP contribution >= 0.6 is 0 Å². The molecule has 0 N–H and O–H groups in total. The summed E-state index contributed by atoms with van der Waals surface area (Å²) in [5.74, 6) is -1.21. The van der Waals surface area contributed by atoms with E-state index < -0.39 is 11.6 Å². The van der Waals surface area contributed by atoms with E-state index in [4.69, 9.17) is 9.15 Å². The Kier molecular flexibility index (Phi) is 5.53. The normalized spacial score (nSPS) is 13.0. The molecule has 5 aromatic rings. The summed E-state index contributed by atoms with van der Waals surface area (Å²) in [5.41, 5.74) is 1.43. The summed E-state index contributed by atoms with van der Waals surface area (Å²) in [6.07, 6.45) is 0.276. The maximum atomic E-state index is 13.0. The molecule has 0 fully saturated rings. The maximum absolute atomic E-state index is 13.0. The van der Waals surface area contributed by atoms with Gasteiger partial charge in [-0.2, -0.15) is 0 Å². The molecule has 1 aromatic heterocycles. The fourth-order valence-corrected chi connectivity index (χ4v) is 5.03. The number of rotatable bonds is 6. The number of ether oxygens (including phenoxy) is 1. The van der Waals surface area contributed by atoms with Crippen LogP contribution in [0.4, 0.5) is 0 Å². The third-order valence-corrected chi connectivity index (χ3v) is 6.72. The summed E-state index contributed by atoms with van der Waals surface area (Å²) in [7, 11) is 0. The van der Waals surface area contributed by atoms with Crippen molar-refractivity contribution in [2.75, 3.05) is 6.54 Å². The molecular weight excluding hydrogens is 470 g/mol. The minimum Gasteiger partial charge on any atom is -0.461 e. The van der Waals surface area contributed by atoms with Crippen LogP contribution in [0.25, 0.3) is 32.5 Å². The van der Waals surface area contributed by atoms with E-state index in [0.29, 0.717) is 27.7 Å². The zero-order chi connectivity index (χ0) is 25.5. The number of amides is 2. The molecule has 2 heterocycles. The van der Waals surface area contributed by atoms with Crippen molar-refractivity contribution >= 4 is 50.3 Å². The first-order valence-electron chi connectivity index (χ1n) is 12.0. The molecule has 1 aliphatic rings. The Bertz CT molecular complexity index is 1750. The minimum absolute atomic E-state index is 0.0169. The summed E-state index contributed by atoms with van der Waals surface area (Å²) in [5, 5.41) is 4.11. The Morgan fingerprint density at radius 1 is 0.784 bits per heavy atom. The van der Waals surface area contributed by atoms with Gasteiger partial charge in [-0.05, 0) is 40.8 Å². The molecule has 0 aliphatic carbocycles.